The number of ketones is 2. The van der Waals surface area contributed by atoms with E-state index in [9.17, 15) is 55.7 Å². The third kappa shape index (κ3) is 10.1. The van der Waals surface area contributed by atoms with Crippen molar-refractivity contribution in [3.8, 4) is 33.8 Å². The Labute approximate surface area is 358 Å². The van der Waals surface area contributed by atoms with E-state index in [1.165, 1.54) is 60.9 Å². The summed E-state index contributed by atoms with van der Waals surface area (Å²) in [6.45, 7) is 0.818. The first-order valence-electron chi connectivity index (χ1n) is 19.0. The summed E-state index contributed by atoms with van der Waals surface area (Å²) in [6, 6.07) is 39.7. The van der Waals surface area contributed by atoms with Gasteiger partial charge in [0.05, 0.1) is 11.1 Å². The topological polar surface area (TPSA) is 137 Å². The van der Waals surface area contributed by atoms with Crippen molar-refractivity contribution < 1.29 is 65.2 Å². The number of hydrogen-bond acceptors (Lipinski definition) is 6. The molecule has 16 heteroatoms. The largest absolute Gasteiger partial charge is 0.573 e. The van der Waals surface area contributed by atoms with E-state index < -0.39 is 36.2 Å². The van der Waals surface area contributed by atoms with Gasteiger partial charge in [0.2, 0.25) is 0 Å². The van der Waals surface area contributed by atoms with Crippen molar-refractivity contribution in [2.45, 2.75) is 25.8 Å². The van der Waals surface area contributed by atoms with Crippen LogP contribution in [0.5, 0.6) is 11.5 Å². The lowest BCUT2D eigenvalue weighted by Gasteiger charge is -2.11. The summed E-state index contributed by atoms with van der Waals surface area (Å²) in [4.78, 5) is 47.8. The smallest absolute Gasteiger partial charge is 0.475 e. The number of nitrogens with zero attached hydrogens (tertiary/aromatic N) is 2. The number of aliphatic carboxylic acids is 2. The van der Waals surface area contributed by atoms with Crippen LogP contribution in [0, 0.1) is 0 Å². The Morgan fingerprint density at radius 3 is 1.11 bits per heavy atom. The van der Waals surface area contributed by atoms with Crippen molar-refractivity contribution in [3.63, 3.8) is 0 Å². The van der Waals surface area contributed by atoms with Crippen molar-refractivity contribution in [1.29, 1.82) is 0 Å². The van der Waals surface area contributed by atoms with Crippen LogP contribution in [0.4, 0.5) is 26.3 Å². The van der Waals surface area contributed by atoms with Gasteiger partial charge in [-0.25, -0.2) is 9.59 Å². The zero-order valence-corrected chi connectivity index (χ0v) is 32.9. The quantitative estimate of drug-likeness (QED) is 0.0703. The Bertz CT molecular complexity index is 2790. The normalized spacial score (nSPS) is 11.5. The summed E-state index contributed by atoms with van der Waals surface area (Å²) in [5, 5.41) is 19.5. The fourth-order valence-corrected chi connectivity index (χ4v) is 7.25. The molecule has 0 aliphatic carbocycles. The van der Waals surface area contributed by atoms with Crippen LogP contribution < -0.4 is 9.47 Å². The Hall–Kier alpha value is -8.14. The molecule has 2 N–H and O–H groups in total. The average Bonchev–Trinajstić information content (AvgIpc) is 3.81. The van der Waals surface area contributed by atoms with E-state index in [0.29, 0.717) is 57.1 Å². The third-order valence-corrected chi connectivity index (χ3v) is 9.88. The molecule has 0 amide bonds. The lowest BCUT2D eigenvalue weighted by Crippen LogP contribution is -2.16. The molecule has 6 aromatic carbocycles. The summed E-state index contributed by atoms with van der Waals surface area (Å²) < 4.78 is 86.1. The van der Waals surface area contributed by atoms with Gasteiger partial charge in [-0.15, -0.1) is 26.3 Å². The van der Waals surface area contributed by atoms with Gasteiger partial charge in [-0.1, -0.05) is 109 Å². The molecule has 0 atom stereocenters. The predicted octanol–water partition coefficient (Wildman–Crippen LogP) is 11.0. The van der Waals surface area contributed by atoms with Crippen LogP contribution in [-0.4, -0.2) is 55.6 Å². The second-order valence-electron chi connectivity index (χ2n) is 14.1. The van der Waals surface area contributed by atoms with Crippen molar-refractivity contribution in [3.05, 3.63) is 180 Å². The van der Waals surface area contributed by atoms with Gasteiger partial charge >= 0.3 is 24.7 Å². The average molecular weight is 879 g/mol. The maximum Gasteiger partial charge on any atom is 0.573 e. The standard InChI is InChI=1S/2C24H16F3NO4/c2*25-24(26,27)32-17-11-9-16(10-12-17)18-7-4-8-20-21(18)19(22(29)23(30)31)14-28(20)13-15-5-2-1-3-6-15/h2*1-12,14H,13H2,(H,30,31). The van der Waals surface area contributed by atoms with Gasteiger partial charge in [-0.3, -0.25) is 9.59 Å². The van der Waals surface area contributed by atoms with Crippen LogP contribution in [0.15, 0.2) is 158 Å². The Morgan fingerprint density at radius 1 is 0.453 bits per heavy atom. The molecular weight excluding hydrogens is 847 g/mol. The molecule has 0 aliphatic rings. The number of rotatable bonds is 12. The highest BCUT2D eigenvalue weighted by molar-refractivity contribution is 6.43. The van der Waals surface area contributed by atoms with Gasteiger partial charge in [-0.2, -0.15) is 0 Å². The Kier molecular flexibility index (Phi) is 12.4. The molecule has 0 spiro atoms. The molecule has 2 aromatic heterocycles. The third-order valence-electron chi connectivity index (χ3n) is 9.88. The summed E-state index contributed by atoms with van der Waals surface area (Å²) in [5.74, 6) is -6.06. The van der Waals surface area contributed by atoms with Crippen LogP contribution in [0.25, 0.3) is 44.1 Å². The van der Waals surface area contributed by atoms with E-state index in [-0.39, 0.29) is 22.6 Å². The Balaban J connectivity index is 0.000000191. The minimum atomic E-state index is -4.81. The van der Waals surface area contributed by atoms with E-state index in [2.05, 4.69) is 9.47 Å². The first kappa shape index (κ1) is 43.9. The number of hydrogen-bond donors (Lipinski definition) is 2. The van der Waals surface area contributed by atoms with Gasteiger partial charge in [0.25, 0.3) is 11.6 Å². The molecule has 64 heavy (non-hydrogen) atoms. The van der Waals surface area contributed by atoms with Crippen LogP contribution in [0.3, 0.4) is 0 Å². The molecule has 8 aromatic rings. The summed E-state index contributed by atoms with van der Waals surface area (Å²) in [7, 11) is 0. The number of Topliss-reactive ketones (excluding diaryl/α,β-unsaturated/α-hetero) is 2. The lowest BCUT2D eigenvalue weighted by molar-refractivity contribution is -0.275. The number of carboxylic acid groups (broad SMARTS) is 2. The molecule has 324 valence electrons. The highest BCUT2D eigenvalue weighted by Gasteiger charge is 2.32. The molecule has 0 saturated heterocycles. The van der Waals surface area contributed by atoms with E-state index in [0.717, 1.165) is 11.1 Å². The predicted molar refractivity (Wildman–Crippen MR) is 223 cm³/mol. The SMILES string of the molecule is O=C(O)C(=O)c1cn(Cc2ccccc2)c2cccc(-c3ccc(OC(F)(F)F)cc3)c12.O=C(O)C(=O)c1cn(Cc2ccccc2)c2cccc(-c3ccc(OC(F)(F)F)cc3)c12. The second-order valence-corrected chi connectivity index (χ2v) is 14.1. The summed E-state index contributed by atoms with van der Waals surface area (Å²) >= 11 is 0. The number of alkyl halides is 6. The van der Waals surface area contributed by atoms with Crippen molar-refractivity contribution in [2.24, 2.45) is 0 Å². The van der Waals surface area contributed by atoms with E-state index in [1.54, 1.807) is 45.5 Å². The summed E-state index contributed by atoms with van der Waals surface area (Å²) in [5.41, 5.74) is 5.27. The zero-order valence-electron chi connectivity index (χ0n) is 32.9. The van der Waals surface area contributed by atoms with Gasteiger partial charge in [0.15, 0.2) is 0 Å². The molecular formula is C48H32F6N2O8. The van der Waals surface area contributed by atoms with E-state index in [4.69, 9.17) is 0 Å². The van der Waals surface area contributed by atoms with Crippen molar-refractivity contribution in [2.75, 3.05) is 0 Å². The highest BCUT2D eigenvalue weighted by atomic mass is 19.4. The van der Waals surface area contributed by atoms with E-state index >= 15 is 0 Å². The van der Waals surface area contributed by atoms with E-state index in [1.807, 2.05) is 60.7 Å². The number of aromatic nitrogens is 2. The Morgan fingerprint density at radius 2 is 0.797 bits per heavy atom. The number of benzene rings is 6. The number of carbonyl (C=O) groups is 4. The van der Waals surface area contributed by atoms with Crippen LogP contribution in [0.2, 0.25) is 0 Å². The molecule has 0 radical (unpaired) electrons. The van der Waals surface area contributed by atoms with Gasteiger partial charge in [-0.05, 0) is 69.8 Å². The van der Waals surface area contributed by atoms with Crippen LogP contribution in [0.1, 0.15) is 31.8 Å². The van der Waals surface area contributed by atoms with Gasteiger partial charge in [0, 0.05) is 47.3 Å². The first-order valence-corrected chi connectivity index (χ1v) is 19.0. The molecule has 8 rings (SSSR count). The van der Waals surface area contributed by atoms with Crippen LogP contribution in [-0.2, 0) is 22.7 Å². The number of halogens is 6. The van der Waals surface area contributed by atoms with Crippen LogP contribution >= 0.6 is 0 Å². The monoisotopic (exact) mass is 878 g/mol. The fourth-order valence-electron chi connectivity index (χ4n) is 7.25. The minimum Gasteiger partial charge on any atom is -0.475 e. The molecule has 10 nitrogen and oxygen atoms in total. The summed E-state index contributed by atoms with van der Waals surface area (Å²) in [6.07, 6.45) is -6.62. The fraction of sp³-hybridized carbons (Fsp3) is 0.0833. The number of ether oxygens (including phenoxy) is 2. The molecule has 2 heterocycles. The lowest BCUT2D eigenvalue weighted by atomic mass is 9.97. The molecule has 0 bridgehead atoms. The maximum absolute atomic E-state index is 12.5. The maximum atomic E-state index is 12.5. The highest BCUT2D eigenvalue weighted by Crippen LogP contribution is 2.37. The van der Waals surface area contributed by atoms with Gasteiger partial charge < -0.3 is 28.8 Å². The first-order chi connectivity index (χ1) is 30.5. The molecule has 0 unspecified atom stereocenters. The minimum absolute atomic E-state index is 0.00893. The molecule has 0 fully saturated rings. The van der Waals surface area contributed by atoms with Crippen molar-refractivity contribution >= 4 is 45.3 Å². The second kappa shape index (κ2) is 18.1. The van der Waals surface area contributed by atoms with Crippen molar-refractivity contribution in [1.82, 2.24) is 9.13 Å². The number of carbonyl (C=O) groups excluding carboxylic acids is 2. The number of fused-ring (bicyclic) bond motifs is 2. The molecule has 0 saturated carbocycles. The zero-order chi connectivity index (χ0) is 45.8. The van der Waals surface area contributed by atoms with Gasteiger partial charge in [0.1, 0.15) is 11.5 Å². The number of carboxylic acids is 2. The molecule has 0 aliphatic heterocycles.